The van der Waals surface area contributed by atoms with Gasteiger partial charge in [0.2, 0.25) is 0 Å². The van der Waals surface area contributed by atoms with Gasteiger partial charge in [-0.15, -0.1) is 0 Å². The van der Waals surface area contributed by atoms with Crippen molar-refractivity contribution >= 4 is 19.8 Å². The number of carbonyl (C=O) groups excluding carboxylic acids is 2. The zero-order chi connectivity index (χ0) is 35.1. The Balaban J connectivity index is 2.49. The predicted molar refractivity (Wildman–Crippen MR) is 175 cm³/mol. The smallest absolute Gasteiger partial charge is 0.462 e. The van der Waals surface area contributed by atoms with Gasteiger partial charge in [0.15, 0.2) is 6.10 Å². The summed E-state index contributed by atoms with van der Waals surface area (Å²) in [4.78, 5) is 34.4. The van der Waals surface area contributed by atoms with Crippen molar-refractivity contribution in [2.45, 2.75) is 121 Å². The second-order valence-corrected chi connectivity index (χ2v) is 12.3. The number of hydrogen-bond donors (Lipinski definition) is 6. The summed E-state index contributed by atoms with van der Waals surface area (Å²) in [6.07, 6.45) is 13.8. The van der Waals surface area contributed by atoms with Crippen LogP contribution < -0.4 is 0 Å². The van der Waals surface area contributed by atoms with E-state index in [1.54, 1.807) is 6.92 Å². The maximum Gasteiger partial charge on any atom is 0.472 e. The molecule has 0 aromatic carbocycles. The monoisotopic (exact) mass is 688 g/mol. The van der Waals surface area contributed by atoms with Crippen LogP contribution in [-0.2, 0) is 32.7 Å². The van der Waals surface area contributed by atoms with E-state index in [9.17, 15) is 44.6 Å². The number of ether oxygens (including phenoxy) is 2. The Morgan fingerprint density at radius 1 is 0.681 bits per heavy atom. The average molecular weight is 689 g/mol. The number of rotatable bonds is 23. The van der Waals surface area contributed by atoms with E-state index < -0.39 is 75.7 Å². The van der Waals surface area contributed by atoms with Crippen molar-refractivity contribution in [1.29, 1.82) is 0 Å². The fraction of sp³-hybridized carbons (Fsp3) is 0.636. The molecule has 6 N–H and O–H groups in total. The van der Waals surface area contributed by atoms with Gasteiger partial charge in [0, 0.05) is 12.8 Å². The van der Waals surface area contributed by atoms with Gasteiger partial charge < -0.3 is 39.9 Å². The number of phosphoric ester groups is 1. The summed E-state index contributed by atoms with van der Waals surface area (Å²) in [5, 5.41) is 49.4. The van der Waals surface area contributed by atoms with Crippen molar-refractivity contribution in [3.63, 3.8) is 0 Å². The summed E-state index contributed by atoms with van der Waals surface area (Å²) in [6, 6.07) is 0. The fourth-order valence-corrected chi connectivity index (χ4v) is 5.21. The Morgan fingerprint density at radius 3 is 1.68 bits per heavy atom. The van der Waals surface area contributed by atoms with Crippen LogP contribution in [0.15, 0.2) is 60.8 Å². The van der Waals surface area contributed by atoms with Gasteiger partial charge in [-0.25, -0.2) is 4.57 Å². The lowest BCUT2D eigenvalue weighted by Gasteiger charge is -2.41. The Morgan fingerprint density at radius 2 is 1.17 bits per heavy atom. The van der Waals surface area contributed by atoms with E-state index in [0.29, 0.717) is 19.3 Å². The Labute approximate surface area is 277 Å². The van der Waals surface area contributed by atoms with E-state index in [4.69, 9.17) is 18.5 Å². The van der Waals surface area contributed by atoms with Crippen molar-refractivity contribution < 1.29 is 63.1 Å². The van der Waals surface area contributed by atoms with Gasteiger partial charge in [-0.3, -0.25) is 18.6 Å². The first-order valence-corrected chi connectivity index (χ1v) is 17.6. The highest BCUT2D eigenvalue weighted by molar-refractivity contribution is 7.47. The minimum atomic E-state index is -5.10. The molecule has 6 unspecified atom stereocenters. The summed E-state index contributed by atoms with van der Waals surface area (Å²) < 4.78 is 32.5. The SMILES string of the molecule is CC/C=C\C/C=C\C/C=C\C/C=C\C/C=C\CCCC(=O)OC(COC(=O)CCC)COP(=O)(O)OC1C(O)C(O)C(O)C(O)C1O. The van der Waals surface area contributed by atoms with Crippen LogP contribution in [0.5, 0.6) is 0 Å². The molecule has 0 aromatic rings. The third kappa shape index (κ3) is 18.6. The Hall–Kier alpha value is -2.45. The van der Waals surface area contributed by atoms with Gasteiger partial charge in [-0.2, -0.15) is 0 Å². The molecule has 0 heterocycles. The minimum Gasteiger partial charge on any atom is -0.462 e. The van der Waals surface area contributed by atoms with E-state index in [1.165, 1.54) is 0 Å². The second kappa shape index (κ2) is 24.7. The second-order valence-electron chi connectivity index (χ2n) is 10.9. The van der Waals surface area contributed by atoms with E-state index in [1.807, 2.05) is 12.2 Å². The molecular formula is C33H53O13P. The number of phosphoric acid groups is 1. The maximum absolute atomic E-state index is 12.5. The Bertz CT molecular complexity index is 1070. The topological polar surface area (TPSA) is 210 Å². The summed E-state index contributed by atoms with van der Waals surface area (Å²) in [5.74, 6) is -1.24. The van der Waals surface area contributed by atoms with Crippen LogP contribution in [0.2, 0.25) is 0 Å². The molecule has 268 valence electrons. The third-order valence-corrected chi connectivity index (χ3v) is 7.83. The van der Waals surface area contributed by atoms with Gasteiger partial charge in [-0.05, 0) is 51.4 Å². The molecule has 1 fully saturated rings. The molecule has 0 aromatic heterocycles. The first-order chi connectivity index (χ1) is 22.4. The van der Waals surface area contributed by atoms with Crippen molar-refractivity contribution in [2.75, 3.05) is 13.2 Å². The molecule has 1 aliphatic carbocycles. The van der Waals surface area contributed by atoms with Gasteiger partial charge in [-0.1, -0.05) is 74.6 Å². The third-order valence-electron chi connectivity index (χ3n) is 6.84. The Kier molecular flexibility index (Phi) is 22.3. The van der Waals surface area contributed by atoms with E-state index in [2.05, 4.69) is 55.5 Å². The average Bonchev–Trinajstić information content (AvgIpc) is 3.04. The molecule has 1 rings (SSSR count). The molecule has 0 amide bonds. The molecule has 0 saturated heterocycles. The molecule has 0 spiro atoms. The maximum atomic E-state index is 12.5. The van der Waals surface area contributed by atoms with Crippen molar-refractivity contribution in [3.8, 4) is 0 Å². The number of hydrogen-bond acceptors (Lipinski definition) is 12. The number of allylic oxidation sites excluding steroid dienone is 10. The molecule has 0 radical (unpaired) electrons. The number of carbonyl (C=O) groups is 2. The van der Waals surface area contributed by atoms with E-state index in [-0.39, 0.29) is 12.8 Å². The van der Waals surface area contributed by atoms with Crippen LogP contribution in [0.1, 0.15) is 78.1 Å². The van der Waals surface area contributed by atoms with Crippen molar-refractivity contribution in [1.82, 2.24) is 0 Å². The highest BCUT2D eigenvalue weighted by atomic mass is 31.2. The predicted octanol–water partition coefficient (Wildman–Crippen LogP) is 3.48. The van der Waals surface area contributed by atoms with Crippen molar-refractivity contribution in [3.05, 3.63) is 60.8 Å². The highest BCUT2D eigenvalue weighted by Gasteiger charge is 2.51. The van der Waals surface area contributed by atoms with Crippen LogP contribution in [0.3, 0.4) is 0 Å². The van der Waals surface area contributed by atoms with Gasteiger partial charge in [0.05, 0.1) is 6.61 Å². The van der Waals surface area contributed by atoms with E-state index >= 15 is 0 Å². The number of aliphatic hydroxyl groups excluding tert-OH is 5. The van der Waals surface area contributed by atoms with Crippen molar-refractivity contribution in [2.24, 2.45) is 0 Å². The molecule has 13 nitrogen and oxygen atoms in total. The zero-order valence-electron chi connectivity index (χ0n) is 27.3. The lowest BCUT2D eigenvalue weighted by atomic mass is 9.85. The largest absolute Gasteiger partial charge is 0.472 e. The normalized spacial score (nSPS) is 25.7. The fourth-order valence-electron chi connectivity index (χ4n) is 4.24. The molecule has 1 saturated carbocycles. The quantitative estimate of drug-likeness (QED) is 0.0394. The van der Waals surface area contributed by atoms with Crippen LogP contribution in [-0.4, -0.2) is 98.3 Å². The molecular weight excluding hydrogens is 635 g/mol. The van der Waals surface area contributed by atoms with Gasteiger partial charge >= 0.3 is 19.8 Å². The van der Waals surface area contributed by atoms with E-state index in [0.717, 1.165) is 32.1 Å². The summed E-state index contributed by atoms with van der Waals surface area (Å²) >= 11 is 0. The summed E-state index contributed by atoms with van der Waals surface area (Å²) in [5.41, 5.74) is 0. The minimum absolute atomic E-state index is 0.0135. The van der Waals surface area contributed by atoms with Gasteiger partial charge in [0.1, 0.15) is 43.2 Å². The number of aliphatic hydroxyl groups is 5. The first kappa shape index (κ1) is 42.6. The molecule has 0 bridgehead atoms. The van der Waals surface area contributed by atoms with Crippen LogP contribution in [0.25, 0.3) is 0 Å². The van der Waals surface area contributed by atoms with Crippen LogP contribution in [0, 0.1) is 0 Å². The number of esters is 2. The zero-order valence-corrected chi connectivity index (χ0v) is 28.2. The lowest BCUT2D eigenvalue weighted by molar-refractivity contribution is -0.220. The first-order valence-electron chi connectivity index (χ1n) is 16.1. The summed E-state index contributed by atoms with van der Waals surface area (Å²) in [6.45, 7) is 2.64. The number of unbranched alkanes of at least 4 members (excludes halogenated alkanes) is 1. The molecule has 14 heteroatoms. The molecule has 0 aliphatic heterocycles. The summed E-state index contributed by atoms with van der Waals surface area (Å²) in [7, 11) is -5.10. The molecule has 47 heavy (non-hydrogen) atoms. The standard InChI is InChI=1S/C33H53O13P/c1-3-5-6-7-8-9-10-11-12-13-14-15-16-17-18-19-20-22-27(35)45-25(23-43-26(34)21-4-2)24-44-47(41,42)46-33-31(39)29(37)28(36)30(38)32(33)40/h5-6,8-9,11-12,14-15,17-18,25,28-33,36-40H,3-4,7,10,13,16,19-24H2,1-2H3,(H,41,42)/b6-5-,9-8-,12-11-,15-14-,18-17-. The van der Waals surface area contributed by atoms with Crippen LogP contribution >= 0.6 is 7.82 Å². The molecule has 6 atom stereocenters. The molecule has 1 aliphatic rings. The van der Waals surface area contributed by atoms with Gasteiger partial charge in [0.25, 0.3) is 0 Å². The highest BCUT2D eigenvalue weighted by Crippen LogP contribution is 2.47. The van der Waals surface area contributed by atoms with Crippen LogP contribution in [0.4, 0.5) is 0 Å². The lowest BCUT2D eigenvalue weighted by Crippen LogP contribution is -2.64.